The van der Waals surface area contributed by atoms with Gasteiger partial charge in [-0.1, -0.05) is 26.0 Å². The molecule has 0 fully saturated rings. The smallest absolute Gasteiger partial charge is 0.316 e. The number of carboxylic acids is 1. The van der Waals surface area contributed by atoms with E-state index < -0.39 is 29.3 Å². The number of carbonyl (C=O) groups is 2. The van der Waals surface area contributed by atoms with Crippen LogP contribution in [0.25, 0.3) is 0 Å². The largest absolute Gasteiger partial charge is 0.481 e. The molecule has 2 unspecified atom stereocenters. The molecule has 1 amide bonds. The maximum absolute atomic E-state index is 12.0. The third kappa shape index (κ3) is 3.25. The number of amides is 1. The molecule has 0 spiro atoms. The van der Waals surface area contributed by atoms with Crippen molar-refractivity contribution in [2.75, 3.05) is 0 Å². The minimum Gasteiger partial charge on any atom is -0.481 e. The maximum Gasteiger partial charge on any atom is 0.316 e. The first-order valence-corrected chi connectivity index (χ1v) is 5.50. The van der Waals surface area contributed by atoms with Crippen LogP contribution in [-0.2, 0) is 9.59 Å². The molecule has 8 nitrogen and oxygen atoms in total. The predicted octanol–water partition coefficient (Wildman–Crippen LogP) is 0.124. The van der Waals surface area contributed by atoms with Crippen molar-refractivity contribution in [2.24, 2.45) is 11.3 Å². The zero-order valence-corrected chi connectivity index (χ0v) is 10.8. The summed E-state index contributed by atoms with van der Waals surface area (Å²) in [5.74, 6) is -2.54. The van der Waals surface area contributed by atoms with Crippen LogP contribution in [0, 0.1) is 11.3 Å². The van der Waals surface area contributed by atoms with Crippen LogP contribution >= 0.6 is 0 Å². The number of hydrogen-bond donors (Lipinski definition) is 3. The minimum absolute atomic E-state index is 0.307. The highest BCUT2D eigenvalue weighted by Crippen LogP contribution is 2.26. The Labute approximate surface area is 104 Å². The summed E-state index contributed by atoms with van der Waals surface area (Å²) in [7, 11) is 0. The lowest BCUT2D eigenvalue weighted by molar-refractivity contribution is -0.151. The van der Waals surface area contributed by atoms with Crippen LogP contribution in [0.4, 0.5) is 0 Å². The van der Waals surface area contributed by atoms with E-state index >= 15 is 0 Å². The van der Waals surface area contributed by atoms with Crippen molar-refractivity contribution >= 4 is 11.9 Å². The summed E-state index contributed by atoms with van der Waals surface area (Å²) in [4.78, 5) is 23.1. The van der Waals surface area contributed by atoms with E-state index in [-0.39, 0.29) is 0 Å². The van der Waals surface area contributed by atoms with Gasteiger partial charge in [-0.25, -0.2) is 0 Å². The SMILES string of the molecule is CC(NC(=O)C(C(=O)O)C(C)(C)C)c1nn[nH]n1. The van der Waals surface area contributed by atoms with Crippen molar-refractivity contribution in [3.05, 3.63) is 5.82 Å². The Balaban J connectivity index is 2.77. The second-order valence-electron chi connectivity index (χ2n) is 5.14. The van der Waals surface area contributed by atoms with Crippen LogP contribution in [-0.4, -0.2) is 37.6 Å². The number of rotatable bonds is 4. The summed E-state index contributed by atoms with van der Waals surface area (Å²) in [5, 5.41) is 24.8. The van der Waals surface area contributed by atoms with E-state index in [4.69, 9.17) is 5.11 Å². The topological polar surface area (TPSA) is 121 Å². The van der Waals surface area contributed by atoms with Crippen molar-refractivity contribution in [1.29, 1.82) is 0 Å². The van der Waals surface area contributed by atoms with E-state index in [0.717, 1.165) is 0 Å². The van der Waals surface area contributed by atoms with Gasteiger partial charge in [0.2, 0.25) is 5.91 Å². The molecule has 1 rings (SSSR count). The van der Waals surface area contributed by atoms with Crippen LogP contribution in [0.5, 0.6) is 0 Å². The third-order valence-corrected chi connectivity index (χ3v) is 2.48. The highest BCUT2D eigenvalue weighted by molar-refractivity contribution is 5.97. The Hall–Kier alpha value is -1.99. The molecule has 18 heavy (non-hydrogen) atoms. The highest BCUT2D eigenvalue weighted by atomic mass is 16.4. The van der Waals surface area contributed by atoms with Gasteiger partial charge < -0.3 is 10.4 Å². The molecule has 0 radical (unpaired) electrons. The molecule has 1 aromatic rings. The first kappa shape index (κ1) is 14.1. The second kappa shape index (κ2) is 5.11. The fraction of sp³-hybridized carbons (Fsp3) is 0.700. The Morgan fingerprint density at radius 3 is 2.39 bits per heavy atom. The van der Waals surface area contributed by atoms with Gasteiger partial charge >= 0.3 is 5.97 Å². The number of aliphatic carboxylic acids is 1. The Morgan fingerprint density at radius 1 is 1.39 bits per heavy atom. The number of H-pyrrole nitrogens is 1. The summed E-state index contributed by atoms with van der Waals surface area (Å²) in [6.07, 6.45) is 0. The van der Waals surface area contributed by atoms with E-state index in [1.165, 1.54) is 0 Å². The maximum atomic E-state index is 12.0. The third-order valence-electron chi connectivity index (χ3n) is 2.48. The number of carboxylic acid groups (broad SMARTS) is 1. The number of aromatic nitrogens is 4. The fourth-order valence-corrected chi connectivity index (χ4v) is 1.59. The number of carbonyl (C=O) groups excluding carboxylic acids is 1. The van der Waals surface area contributed by atoms with Crippen LogP contribution in [0.1, 0.15) is 39.6 Å². The number of nitrogens with one attached hydrogen (secondary N) is 2. The van der Waals surface area contributed by atoms with Crippen molar-refractivity contribution in [3.63, 3.8) is 0 Å². The predicted molar refractivity (Wildman–Crippen MR) is 61.3 cm³/mol. The van der Waals surface area contributed by atoms with Gasteiger partial charge in [-0.2, -0.15) is 5.21 Å². The second-order valence-corrected chi connectivity index (χ2v) is 5.14. The lowest BCUT2D eigenvalue weighted by atomic mass is 9.80. The van der Waals surface area contributed by atoms with E-state index in [1.807, 2.05) is 0 Å². The van der Waals surface area contributed by atoms with Crippen LogP contribution < -0.4 is 5.32 Å². The molecule has 8 heteroatoms. The van der Waals surface area contributed by atoms with Gasteiger partial charge in [-0.05, 0) is 12.3 Å². The van der Waals surface area contributed by atoms with E-state index in [2.05, 4.69) is 25.9 Å². The Bertz CT molecular complexity index is 423. The molecule has 0 aliphatic heterocycles. The number of nitrogens with zero attached hydrogens (tertiary/aromatic N) is 3. The van der Waals surface area contributed by atoms with E-state index in [9.17, 15) is 9.59 Å². The average Bonchev–Trinajstić information content (AvgIpc) is 2.65. The molecule has 1 heterocycles. The Kier molecular flexibility index (Phi) is 4.00. The molecule has 0 saturated heterocycles. The summed E-state index contributed by atoms with van der Waals surface area (Å²) >= 11 is 0. The first-order valence-electron chi connectivity index (χ1n) is 5.50. The van der Waals surface area contributed by atoms with Crippen LogP contribution in [0.3, 0.4) is 0 Å². The van der Waals surface area contributed by atoms with Crippen molar-refractivity contribution in [2.45, 2.75) is 33.7 Å². The zero-order chi connectivity index (χ0) is 13.9. The fourth-order valence-electron chi connectivity index (χ4n) is 1.59. The molecule has 0 saturated carbocycles. The molecule has 0 bridgehead atoms. The summed E-state index contributed by atoms with van der Waals surface area (Å²) in [6.45, 7) is 6.75. The molecule has 3 N–H and O–H groups in total. The van der Waals surface area contributed by atoms with Crippen LogP contribution in [0.15, 0.2) is 0 Å². The highest BCUT2D eigenvalue weighted by Gasteiger charge is 2.38. The molecule has 0 aliphatic carbocycles. The van der Waals surface area contributed by atoms with Gasteiger partial charge in [0.15, 0.2) is 5.82 Å². The van der Waals surface area contributed by atoms with Gasteiger partial charge in [0.25, 0.3) is 0 Å². The summed E-state index contributed by atoms with van der Waals surface area (Å²) in [5.41, 5.74) is -0.674. The minimum atomic E-state index is -1.15. The van der Waals surface area contributed by atoms with Gasteiger partial charge in [0, 0.05) is 0 Å². The molecular formula is C10H17N5O3. The number of hydrogen-bond acceptors (Lipinski definition) is 5. The quantitative estimate of drug-likeness (QED) is 0.657. The van der Waals surface area contributed by atoms with Crippen molar-refractivity contribution < 1.29 is 14.7 Å². The monoisotopic (exact) mass is 255 g/mol. The van der Waals surface area contributed by atoms with Gasteiger partial charge in [0.1, 0.15) is 5.92 Å². The molecule has 2 atom stereocenters. The lowest BCUT2D eigenvalue weighted by Crippen LogP contribution is -2.43. The summed E-state index contributed by atoms with van der Waals surface area (Å²) in [6, 6.07) is -0.500. The molecule has 1 aromatic heterocycles. The van der Waals surface area contributed by atoms with Gasteiger partial charge in [0.05, 0.1) is 6.04 Å². The number of tetrazole rings is 1. The summed E-state index contributed by atoms with van der Waals surface area (Å²) < 4.78 is 0. The first-order chi connectivity index (χ1) is 8.23. The molecular weight excluding hydrogens is 238 g/mol. The standard InChI is InChI=1S/C10H17N5O3/c1-5(7-12-14-15-13-7)11-8(16)6(9(17)18)10(2,3)4/h5-6H,1-4H3,(H,11,16)(H,17,18)(H,12,13,14,15). The molecule has 0 aromatic carbocycles. The average molecular weight is 255 g/mol. The molecule has 100 valence electrons. The lowest BCUT2D eigenvalue weighted by Gasteiger charge is -2.26. The van der Waals surface area contributed by atoms with Crippen molar-refractivity contribution in [1.82, 2.24) is 25.9 Å². The van der Waals surface area contributed by atoms with E-state index in [1.54, 1.807) is 27.7 Å². The van der Waals surface area contributed by atoms with E-state index in [0.29, 0.717) is 5.82 Å². The van der Waals surface area contributed by atoms with Gasteiger partial charge in [-0.3, -0.25) is 9.59 Å². The number of aromatic amines is 1. The van der Waals surface area contributed by atoms with Gasteiger partial charge in [-0.15, -0.1) is 10.2 Å². The van der Waals surface area contributed by atoms with Crippen LogP contribution in [0.2, 0.25) is 0 Å². The Morgan fingerprint density at radius 2 is 2.00 bits per heavy atom. The zero-order valence-electron chi connectivity index (χ0n) is 10.8. The normalized spacial score (nSPS) is 14.9. The molecule has 0 aliphatic rings. The van der Waals surface area contributed by atoms with Crippen molar-refractivity contribution in [3.8, 4) is 0 Å².